The molecule has 5 heterocycles. The van der Waals surface area contributed by atoms with E-state index in [1.807, 2.05) is 76.3 Å². The summed E-state index contributed by atoms with van der Waals surface area (Å²) >= 11 is 0. The van der Waals surface area contributed by atoms with Crippen molar-refractivity contribution in [2.45, 2.75) is 51.0 Å². The van der Waals surface area contributed by atoms with Gasteiger partial charge in [-0.05, 0) is 44.0 Å². The van der Waals surface area contributed by atoms with Crippen LogP contribution in [0.5, 0.6) is 5.75 Å². The van der Waals surface area contributed by atoms with Crippen LogP contribution in [0.4, 0.5) is 5.69 Å². The third kappa shape index (κ3) is 5.37. The van der Waals surface area contributed by atoms with Gasteiger partial charge in [-0.25, -0.2) is 0 Å². The van der Waals surface area contributed by atoms with Gasteiger partial charge in [0.15, 0.2) is 0 Å². The van der Waals surface area contributed by atoms with E-state index in [0.717, 1.165) is 13.1 Å². The molecule has 3 fully saturated rings. The minimum Gasteiger partial charge on any atom is -0.494 e. The molecule has 244 valence electrons. The highest BCUT2D eigenvalue weighted by molar-refractivity contribution is 6.04. The zero-order valence-corrected chi connectivity index (χ0v) is 26.8. The molecule has 0 saturated carbocycles. The van der Waals surface area contributed by atoms with E-state index in [4.69, 9.17) is 14.2 Å². The fraction of sp³-hybridized carbons (Fsp3) is 0.618. The predicted molar refractivity (Wildman–Crippen MR) is 168 cm³/mol. The second-order valence-corrected chi connectivity index (χ2v) is 13.2. The lowest BCUT2D eigenvalue weighted by Gasteiger charge is -2.41. The van der Waals surface area contributed by atoms with Crippen molar-refractivity contribution in [2.24, 2.45) is 17.8 Å². The summed E-state index contributed by atoms with van der Waals surface area (Å²) in [5, 5.41) is 10.6. The third-order valence-electron chi connectivity index (χ3n) is 10.1. The second-order valence-electron chi connectivity index (χ2n) is 13.2. The van der Waals surface area contributed by atoms with Crippen LogP contribution < -0.4 is 9.64 Å². The number of carbonyl (C=O) groups is 3. The Morgan fingerprint density at radius 3 is 2.33 bits per heavy atom. The summed E-state index contributed by atoms with van der Waals surface area (Å²) in [4.78, 5) is 51.3. The molecular weight excluding hydrogens is 576 g/mol. The van der Waals surface area contributed by atoms with Gasteiger partial charge < -0.3 is 34.0 Å². The highest BCUT2D eigenvalue weighted by Crippen LogP contribution is 2.58. The van der Waals surface area contributed by atoms with Crippen molar-refractivity contribution in [3.8, 4) is 5.75 Å². The summed E-state index contributed by atoms with van der Waals surface area (Å²) in [7, 11) is 0. The molecule has 1 aromatic carbocycles. The maximum absolute atomic E-state index is 14.7. The van der Waals surface area contributed by atoms with E-state index in [9.17, 15) is 19.5 Å². The Labute approximate surface area is 265 Å². The number of benzene rings is 1. The minimum absolute atomic E-state index is 0.131. The van der Waals surface area contributed by atoms with Crippen molar-refractivity contribution in [1.82, 2.24) is 14.7 Å². The van der Waals surface area contributed by atoms with Crippen molar-refractivity contribution in [1.29, 1.82) is 0 Å². The fourth-order valence-corrected chi connectivity index (χ4v) is 7.89. The lowest BCUT2D eigenvalue weighted by molar-refractivity contribution is -0.155. The van der Waals surface area contributed by atoms with Crippen LogP contribution in [0.15, 0.2) is 48.6 Å². The zero-order valence-electron chi connectivity index (χ0n) is 26.8. The number of likely N-dealkylation sites (tertiary alicyclic amines) is 1. The van der Waals surface area contributed by atoms with Gasteiger partial charge in [0, 0.05) is 45.0 Å². The molecule has 3 amide bonds. The molecule has 0 aromatic heterocycles. The number of rotatable bonds is 9. The summed E-state index contributed by atoms with van der Waals surface area (Å²) in [6.07, 6.45) is 7.57. The maximum Gasteiger partial charge on any atom is 0.249 e. The Morgan fingerprint density at radius 2 is 1.67 bits per heavy atom. The number of nitrogens with zero attached hydrogens (tertiary/aromatic N) is 4. The van der Waals surface area contributed by atoms with Crippen LogP contribution in [-0.4, -0.2) is 127 Å². The van der Waals surface area contributed by atoms with Crippen LogP contribution in [0, 0.1) is 17.8 Å². The number of amides is 3. The van der Waals surface area contributed by atoms with Crippen molar-refractivity contribution in [3.05, 3.63) is 48.6 Å². The highest BCUT2D eigenvalue weighted by Gasteiger charge is 2.75. The zero-order chi connectivity index (χ0) is 31.9. The van der Waals surface area contributed by atoms with Gasteiger partial charge in [-0.3, -0.25) is 19.3 Å². The van der Waals surface area contributed by atoms with Crippen LogP contribution in [0.25, 0.3) is 0 Å². The molecule has 0 radical (unpaired) electrons. The quantitative estimate of drug-likeness (QED) is 0.415. The lowest BCUT2D eigenvalue weighted by atomic mass is 9.74. The smallest absolute Gasteiger partial charge is 0.249 e. The van der Waals surface area contributed by atoms with Gasteiger partial charge in [-0.2, -0.15) is 0 Å². The fourth-order valence-electron chi connectivity index (χ4n) is 7.89. The molecule has 0 aliphatic carbocycles. The van der Waals surface area contributed by atoms with Gasteiger partial charge in [-0.1, -0.05) is 38.2 Å². The van der Waals surface area contributed by atoms with Crippen molar-refractivity contribution in [2.75, 3.05) is 70.6 Å². The van der Waals surface area contributed by atoms with Crippen LogP contribution >= 0.6 is 0 Å². The SMILES string of the molecule is CCOc1ccc(N2CC=C[C@]3(C)O[C@]45C=CCN(CCN6CCOCC6)C(=O)C4N([C@@H](CO)C(C)C)C(=O)[C@@H]5[C@@H]3C2=O)cc1. The number of hydrogen-bond acceptors (Lipinski definition) is 8. The number of carbonyl (C=O) groups excluding carboxylic acids is 3. The molecule has 11 nitrogen and oxygen atoms in total. The van der Waals surface area contributed by atoms with Gasteiger partial charge in [0.05, 0.1) is 49.9 Å². The lowest BCUT2D eigenvalue weighted by Crippen LogP contribution is -2.60. The molecule has 45 heavy (non-hydrogen) atoms. The second kappa shape index (κ2) is 12.5. The first-order valence-corrected chi connectivity index (χ1v) is 16.3. The molecule has 1 N–H and O–H groups in total. The summed E-state index contributed by atoms with van der Waals surface area (Å²) in [6, 6.07) is 5.73. The summed E-state index contributed by atoms with van der Waals surface area (Å²) in [5.41, 5.74) is -1.80. The average molecular weight is 623 g/mol. The number of fused-ring (bicyclic) bond motifs is 2. The topological polar surface area (TPSA) is 112 Å². The van der Waals surface area contributed by atoms with Crippen molar-refractivity contribution < 1.29 is 33.7 Å². The first-order chi connectivity index (χ1) is 21.6. The van der Waals surface area contributed by atoms with E-state index in [1.54, 1.807) is 14.7 Å². The summed E-state index contributed by atoms with van der Waals surface area (Å²) in [6.45, 7) is 12.7. The number of anilines is 1. The molecule has 11 heteroatoms. The number of morpholine rings is 1. The van der Waals surface area contributed by atoms with Crippen molar-refractivity contribution >= 4 is 23.4 Å². The average Bonchev–Trinajstić information content (AvgIpc) is 3.29. The number of aliphatic hydroxyl groups is 1. The number of ether oxygens (including phenoxy) is 3. The molecule has 6 rings (SSSR count). The molecule has 1 spiro atoms. The standard InChI is InChI=1S/C34H46N4O7/c1-5-44-25-10-8-24(9-11-25)37-15-6-12-33(4)27(30(37)40)28-31(41)38(26(22-39)23(2)3)29-32(42)36(14-7-13-34(28,29)45-33)17-16-35-18-20-43-21-19-35/h6-13,23,26-29,39H,5,14-22H2,1-4H3/t26-,27+,28-,29?,33-,34-/m0/s1. The van der Waals surface area contributed by atoms with E-state index in [0.29, 0.717) is 57.4 Å². The van der Waals surface area contributed by atoms with Crippen molar-refractivity contribution in [3.63, 3.8) is 0 Å². The normalized spacial score (nSPS) is 32.4. The molecule has 3 saturated heterocycles. The molecule has 5 aliphatic rings. The maximum atomic E-state index is 14.7. The van der Waals surface area contributed by atoms with Crippen LogP contribution in [0.2, 0.25) is 0 Å². The Morgan fingerprint density at radius 1 is 0.956 bits per heavy atom. The van der Waals surface area contributed by atoms with E-state index >= 15 is 0 Å². The van der Waals surface area contributed by atoms with Gasteiger partial charge >= 0.3 is 0 Å². The third-order valence-corrected chi connectivity index (χ3v) is 10.1. The van der Waals surface area contributed by atoms with Gasteiger partial charge in [0.25, 0.3) is 0 Å². The Bertz CT molecular complexity index is 1340. The molecule has 5 aliphatic heterocycles. The van der Waals surface area contributed by atoms with E-state index in [-0.39, 0.29) is 30.2 Å². The molecule has 6 atom stereocenters. The number of hydrogen-bond donors (Lipinski definition) is 1. The van der Waals surface area contributed by atoms with Crippen LogP contribution in [-0.2, 0) is 23.9 Å². The highest BCUT2D eigenvalue weighted by atomic mass is 16.5. The Hall–Kier alpha value is -3.25. The Kier molecular flexibility index (Phi) is 8.82. The first-order valence-electron chi connectivity index (χ1n) is 16.3. The molecular formula is C34H46N4O7. The van der Waals surface area contributed by atoms with Crippen LogP contribution in [0.1, 0.15) is 27.7 Å². The van der Waals surface area contributed by atoms with E-state index < -0.39 is 35.1 Å². The summed E-state index contributed by atoms with van der Waals surface area (Å²) < 4.78 is 18.1. The molecule has 0 bridgehead atoms. The predicted octanol–water partition coefficient (Wildman–Crippen LogP) is 1.71. The van der Waals surface area contributed by atoms with Gasteiger partial charge in [0.2, 0.25) is 17.7 Å². The Balaban J connectivity index is 1.38. The first kappa shape index (κ1) is 31.7. The molecule has 1 unspecified atom stereocenters. The molecule has 1 aromatic rings. The largest absolute Gasteiger partial charge is 0.494 e. The van der Waals surface area contributed by atoms with Gasteiger partial charge in [0.1, 0.15) is 17.4 Å². The van der Waals surface area contributed by atoms with Gasteiger partial charge in [-0.15, -0.1) is 0 Å². The minimum atomic E-state index is -1.37. The van der Waals surface area contributed by atoms with E-state index in [1.165, 1.54) is 0 Å². The monoisotopic (exact) mass is 622 g/mol. The summed E-state index contributed by atoms with van der Waals surface area (Å²) in [5.74, 6) is -2.03. The van der Waals surface area contributed by atoms with Crippen LogP contribution in [0.3, 0.4) is 0 Å². The number of aliphatic hydroxyl groups excluding tert-OH is 1. The van der Waals surface area contributed by atoms with E-state index in [2.05, 4.69) is 4.90 Å².